The topological polar surface area (TPSA) is 86.3 Å². The lowest BCUT2D eigenvalue weighted by Crippen LogP contribution is -1.99. The van der Waals surface area contributed by atoms with Gasteiger partial charge in [0.15, 0.2) is 0 Å². The van der Waals surface area contributed by atoms with E-state index in [1.165, 1.54) is 6.07 Å². The maximum Gasteiger partial charge on any atom is 0.371 e. The van der Waals surface area contributed by atoms with Crippen molar-refractivity contribution < 1.29 is 14.3 Å². The lowest BCUT2D eigenvalue weighted by atomic mass is 10.2. The zero-order valence-corrected chi connectivity index (χ0v) is 10.4. The molecule has 5 nitrogen and oxygen atoms in total. The molecule has 1 aromatic carbocycles. The molecule has 96 valence electrons. The van der Waals surface area contributed by atoms with E-state index in [9.17, 15) is 4.79 Å². The molecule has 2 N–H and O–H groups in total. The molecule has 0 bridgehead atoms. The van der Waals surface area contributed by atoms with E-state index in [-0.39, 0.29) is 12.3 Å². The normalized spacial score (nSPS) is 9.89. The van der Waals surface area contributed by atoms with Crippen molar-refractivity contribution in [3.8, 4) is 6.07 Å². The van der Waals surface area contributed by atoms with Crippen LogP contribution in [-0.2, 0) is 6.54 Å². The molecule has 0 spiro atoms. The summed E-state index contributed by atoms with van der Waals surface area (Å²) in [4.78, 5) is 10.7. The number of carboxylic acid groups (broad SMARTS) is 1. The molecule has 0 aliphatic rings. The molecule has 0 unspecified atom stereocenters. The highest BCUT2D eigenvalue weighted by atomic mass is 35.5. The smallest absolute Gasteiger partial charge is 0.371 e. The fourth-order valence-corrected chi connectivity index (χ4v) is 1.68. The molecule has 0 amide bonds. The summed E-state index contributed by atoms with van der Waals surface area (Å²) in [5.41, 5.74) is 1.08. The fourth-order valence-electron chi connectivity index (χ4n) is 1.50. The Labute approximate surface area is 114 Å². The average Bonchev–Trinajstić information content (AvgIpc) is 2.87. The molecule has 0 saturated carbocycles. The summed E-state index contributed by atoms with van der Waals surface area (Å²) in [6.07, 6.45) is 0. The van der Waals surface area contributed by atoms with Crippen molar-refractivity contribution in [2.24, 2.45) is 0 Å². The number of rotatable bonds is 4. The minimum Gasteiger partial charge on any atom is -0.475 e. The van der Waals surface area contributed by atoms with Crippen LogP contribution in [0.3, 0.4) is 0 Å². The Hall–Kier alpha value is -2.45. The van der Waals surface area contributed by atoms with Crippen LogP contribution in [0.25, 0.3) is 0 Å². The second-order valence-corrected chi connectivity index (χ2v) is 4.14. The Balaban J connectivity index is 2.09. The third-order valence-electron chi connectivity index (χ3n) is 2.42. The molecule has 1 aromatic heterocycles. The SMILES string of the molecule is N#Cc1ccc(Cl)c(NCc2ccc(C(=O)O)o2)c1. The molecule has 0 aliphatic carbocycles. The predicted molar refractivity (Wildman–Crippen MR) is 69.2 cm³/mol. The van der Waals surface area contributed by atoms with Crippen LogP contribution in [0.5, 0.6) is 0 Å². The van der Waals surface area contributed by atoms with Gasteiger partial charge in [0, 0.05) is 0 Å². The maximum absolute atomic E-state index is 10.7. The molecule has 0 aliphatic heterocycles. The van der Waals surface area contributed by atoms with Gasteiger partial charge in [-0.25, -0.2) is 4.79 Å². The summed E-state index contributed by atoms with van der Waals surface area (Å²) >= 11 is 5.98. The van der Waals surface area contributed by atoms with Gasteiger partial charge in [-0.3, -0.25) is 0 Å². The van der Waals surface area contributed by atoms with Gasteiger partial charge in [-0.05, 0) is 30.3 Å². The van der Waals surface area contributed by atoms with E-state index in [2.05, 4.69) is 5.32 Å². The van der Waals surface area contributed by atoms with E-state index in [1.807, 2.05) is 6.07 Å². The second-order valence-electron chi connectivity index (χ2n) is 3.73. The van der Waals surface area contributed by atoms with Crippen LogP contribution in [0.2, 0.25) is 5.02 Å². The summed E-state index contributed by atoms with van der Waals surface area (Å²) in [7, 11) is 0. The molecule has 6 heteroatoms. The summed E-state index contributed by atoms with van der Waals surface area (Å²) in [5.74, 6) is -0.764. The van der Waals surface area contributed by atoms with Crippen molar-refractivity contribution in [2.75, 3.05) is 5.32 Å². The van der Waals surface area contributed by atoms with Gasteiger partial charge in [-0.15, -0.1) is 0 Å². The van der Waals surface area contributed by atoms with Crippen LogP contribution in [0, 0.1) is 11.3 Å². The first kappa shape index (κ1) is 13.0. The van der Waals surface area contributed by atoms with Crippen LogP contribution in [0.1, 0.15) is 21.9 Å². The second kappa shape index (κ2) is 5.46. The summed E-state index contributed by atoms with van der Waals surface area (Å²) < 4.78 is 5.09. The Kier molecular flexibility index (Phi) is 3.74. The van der Waals surface area contributed by atoms with E-state index < -0.39 is 5.97 Å². The number of halogens is 1. The summed E-state index contributed by atoms with van der Waals surface area (Å²) in [6, 6.07) is 9.81. The predicted octanol–water partition coefficient (Wildman–Crippen LogP) is 3.11. The van der Waals surface area contributed by atoms with E-state index in [1.54, 1.807) is 24.3 Å². The quantitative estimate of drug-likeness (QED) is 0.896. The Morgan fingerprint density at radius 1 is 1.42 bits per heavy atom. The molecule has 0 radical (unpaired) electrons. The molecule has 19 heavy (non-hydrogen) atoms. The number of hydrogen-bond donors (Lipinski definition) is 2. The van der Waals surface area contributed by atoms with E-state index in [0.717, 1.165) is 0 Å². The molecular formula is C13H9ClN2O3. The number of benzene rings is 1. The number of nitriles is 1. The number of carbonyl (C=O) groups is 1. The van der Waals surface area contributed by atoms with Crippen molar-refractivity contribution >= 4 is 23.3 Å². The van der Waals surface area contributed by atoms with Gasteiger partial charge in [0.1, 0.15) is 5.76 Å². The summed E-state index contributed by atoms with van der Waals surface area (Å²) in [5, 5.41) is 21.0. The van der Waals surface area contributed by atoms with Crippen LogP contribution >= 0.6 is 11.6 Å². The highest BCUT2D eigenvalue weighted by Crippen LogP contribution is 2.23. The number of aromatic carboxylic acids is 1. The zero-order valence-electron chi connectivity index (χ0n) is 9.68. The number of carboxylic acids is 1. The van der Waals surface area contributed by atoms with Crippen LogP contribution in [-0.4, -0.2) is 11.1 Å². The average molecular weight is 277 g/mol. The lowest BCUT2D eigenvalue weighted by Gasteiger charge is -2.06. The third-order valence-corrected chi connectivity index (χ3v) is 2.75. The van der Waals surface area contributed by atoms with Gasteiger partial charge in [-0.2, -0.15) is 5.26 Å². The molecule has 1 heterocycles. The molecular weight excluding hydrogens is 268 g/mol. The highest BCUT2D eigenvalue weighted by Gasteiger charge is 2.09. The largest absolute Gasteiger partial charge is 0.475 e. The maximum atomic E-state index is 10.7. The summed E-state index contributed by atoms with van der Waals surface area (Å²) in [6.45, 7) is 0.280. The first-order valence-electron chi connectivity index (χ1n) is 5.35. The standard InChI is InChI=1S/C13H9ClN2O3/c14-10-3-1-8(6-15)5-11(10)16-7-9-2-4-12(19-9)13(17)18/h1-5,16H,7H2,(H,17,18). The van der Waals surface area contributed by atoms with Gasteiger partial charge in [0.2, 0.25) is 5.76 Å². The molecule has 0 fully saturated rings. The third kappa shape index (κ3) is 3.06. The minimum atomic E-state index is -1.12. The molecule has 2 aromatic rings. The van der Waals surface area contributed by atoms with Gasteiger partial charge in [0.25, 0.3) is 0 Å². The minimum absolute atomic E-state index is 0.117. The van der Waals surface area contributed by atoms with Crippen molar-refractivity contribution in [2.45, 2.75) is 6.54 Å². The monoisotopic (exact) mass is 276 g/mol. The van der Waals surface area contributed by atoms with Gasteiger partial charge >= 0.3 is 5.97 Å². The van der Waals surface area contributed by atoms with Gasteiger partial charge in [0.05, 0.1) is 28.9 Å². The number of anilines is 1. The molecule has 0 atom stereocenters. The van der Waals surface area contributed by atoms with Crippen molar-refractivity contribution in [3.05, 3.63) is 52.4 Å². The Morgan fingerprint density at radius 2 is 2.21 bits per heavy atom. The van der Waals surface area contributed by atoms with Crippen LogP contribution < -0.4 is 5.32 Å². The number of nitrogens with zero attached hydrogens (tertiary/aromatic N) is 1. The number of furan rings is 1. The van der Waals surface area contributed by atoms with Gasteiger partial charge < -0.3 is 14.8 Å². The first-order chi connectivity index (χ1) is 9.10. The van der Waals surface area contributed by atoms with Crippen molar-refractivity contribution in [3.63, 3.8) is 0 Å². The Bertz CT molecular complexity index is 658. The fraction of sp³-hybridized carbons (Fsp3) is 0.0769. The number of nitrogens with one attached hydrogen (secondary N) is 1. The van der Waals surface area contributed by atoms with E-state index >= 15 is 0 Å². The molecule has 2 rings (SSSR count). The van der Waals surface area contributed by atoms with E-state index in [4.69, 9.17) is 26.4 Å². The zero-order chi connectivity index (χ0) is 13.8. The van der Waals surface area contributed by atoms with Crippen LogP contribution in [0.4, 0.5) is 5.69 Å². The Morgan fingerprint density at radius 3 is 2.84 bits per heavy atom. The van der Waals surface area contributed by atoms with Crippen molar-refractivity contribution in [1.82, 2.24) is 0 Å². The molecule has 0 saturated heterocycles. The van der Waals surface area contributed by atoms with Crippen molar-refractivity contribution in [1.29, 1.82) is 5.26 Å². The van der Waals surface area contributed by atoms with E-state index in [0.29, 0.717) is 22.0 Å². The van der Waals surface area contributed by atoms with Gasteiger partial charge in [-0.1, -0.05) is 11.6 Å². The van der Waals surface area contributed by atoms with Crippen LogP contribution in [0.15, 0.2) is 34.7 Å². The highest BCUT2D eigenvalue weighted by molar-refractivity contribution is 6.33. The number of hydrogen-bond acceptors (Lipinski definition) is 4. The lowest BCUT2D eigenvalue weighted by molar-refractivity contribution is 0.0660. The first-order valence-corrected chi connectivity index (χ1v) is 5.73.